The second kappa shape index (κ2) is 5.65. The third kappa shape index (κ3) is 3.73. The van der Waals surface area contributed by atoms with Crippen LogP contribution in [0.25, 0.3) is 0 Å². The molecule has 1 rings (SSSR count). The quantitative estimate of drug-likeness (QED) is 0.872. The first-order valence-electron chi connectivity index (χ1n) is 6.02. The van der Waals surface area contributed by atoms with E-state index in [9.17, 15) is 9.59 Å². The van der Waals surface area contributed by atoms with Gasteiger partial charge in [0.1, 0.15) is 5.69 Å². The van der Waals surface area contributed by atoms with Crippen LogP contribution in [-0.4, -0.2) is 27.1 Å². The first-order valence-corrected chi connectivity index (χ1v) is 6.39. The monoisotopic (exact) mass is 286 g/mol. The van der Waals surface area contributed by atoms with Gasteiger partial charge in [-0.25, -0.2) is 0 Å². The minimum Gasteiger partial charge on any atom is -0.481 e. The molecule has 0 radical (unpaired) electrons. The Kier molecular flexibility index (Phi) is 4.63. The minimum atomic E-state index is -0.943. The van der Waals surface area contributed by atoms with Gasteiger partial charge in [0.2, 0.25) is 0 Å². The van der Waals surface area contributed by atoms with E-state index < -0.39 is 11.5 Å². The van der Waals surface area contributed by atoms with Crippen LogP contribution in [0.3, 0.4) is 0 Å². The Morgan fingerprint density at radius 1 is 1.53 bits per heavy atom. The van der Waals surface area contributed by atoms with Gasteiger partial charge in [-0.1, -0.05) is 25.4 Å². The van der Waals surface area contributed by atoms with Crippen molar-refractivity contribution in [3.8, 4) is 0 Å². The molecule has 5 nitrogen and oxygen atoms in total. The number of nitrogens with zero attached hydrogens (tertiary/aromatic N) is 1. The van der Waals surface area contributed by atoms with Gasteiger partial charge in [0, 0.05) is 13.2 Å². The fourth-order valence-corrected chi connectivity index (χ4v) is 2.03. The molecule has 0 aliphatic heterocycles. The van der Waals surface area contributed by atoms with Gasteiger partial charge in [0.25, 0.3) is 5.91 Å². The van der Waals surface area contributed by atoms with Crippen molar-refractivity contribution < 1.29 is 14.7 Å². The van der Waals surface area contributed by atoms with E-state index in [1.165, 1.54) is 0 Å². The molecule has 1 unspecified atom stereocenters. The number of carbonyl (C=O) groups excluding carboxylic acids is 1. The second-order valence-corrected chi connectivity index (χ2v) is 5.69. The van der Waals surface area contributed by atoms with E-state index in [4.69, 9.17) is 16.7 Å². The summed E-state index contributed by atoms with van der Waals surface area (Å²) in [5.74, 6) is -1.28. The van der Waals surface area contributed by atoms with E-state index >= 15 is 0 Å². The minimum absolute atomic E-state index is 0.0108. The molecule has 1 atom stereocenters. The number of hydrogen-bond donors (Lipinski definition) is 2. The fourth-order valence-electron chi connectivity index (χ4n) is 1.78. The number of carboxylic acid groups (broad SMARTS) is 1. The van der Waals surface area contributed by atoms with Crippen LogP contribution in [0.4, 0.5) is 0 Å². The maximum absolute atomic E-state index is 12.2. The zero-order valence-electron chi connectivity index (χ0n) is 11.5. The highest BCUT2D eigenvalue weighted by Gasteiger charge is 2.33. The standard InChI is InChI=1S/C13H19ClN2O3/c1-8(2)13(3,6-11(17)18)15-12(19)10-5-9(14)7-16(10)4/h5,7-8H,6H2,1-4H3,(H,15,19)(H,17,18). The molecule has 2 N–H and O–H groups in total. The third-order valence-corrected chi connectivity index (χ3v) is 3.60. The van der Waals surface area contributed by atoms with Gasteiger partial charge in [-0.05, 0) is 18.9 Å². The number of hydrogen-bond acceptors (Lipinski definition) is 2. The number of aromatic nitrogens is 1. The van der Waals surface area contributed by atoms with Crippen molar-refractivity contribution in [2.24, 2.45) is 13.0 Å². The van der Waals surface area contributed by atoms with Crippen molar-refractivity contribution >= 4 is 23.5 Å². The van der Waals surface area contributed by atoms with E-state index in [2.05, 4.69) is 5.32 Å². The number of aliphatic carboxylic acids is 1. The molecule has 0 aromatic carbocycles. The summed E-state index contributed by atoms with van der Waals surface area (Å²) < 4.78 is 1.61. The lowest BCUT2D eigenvalue weighted by Crippen LogP contribution is -2.51. The topological polar surface area (TPSA) is 71.3 Å². The molecular formula is C13H19ClN2O3. The lowest BCUT2D eigenvalue weighted by Gasteiger charge is -2.33. The molecule has 1 aromatic rings. The van der Waals surface area contributed by atoms with Crippen molar-refractivity contribution in [1.82, 2.24) is 9.88 Å². The zero-order valence-corrected chi connectivity index (χ0v) is 12.3. The first-order chi connectivity index (χ1) is 8.65. The summed E-state index contributed by atoms with van der Waals surface area (Å²) in [7, 11) is 1.71. The van der Waals surface area contributed by atoms with Crippen LogP contribution in [0, 0.1) is 5.92 Å². The molecule has 0 spiro atoms. The Morgan fingerprint density at radius 2 is 2.11 bits per heavy atom. The maximum Gasteiger partial charge on any atom is 0.305 e. The van der Waals surface area contributed by atoms with E-state index in [1.807, 2.05) is 13.8 Å². The smallest absolute Gasteiger partial charge is 0.305 e. The molecule has 106 valence electrons. The van der Waals surface area contributed by atoms with Crippen molar-refractivity contribution in [3.63, 3.8) is 0 Å². The Bertz CT molecular complexity index is 496. The number of nitrogens with one attached hydrogen (secondary N) is 1. The third-order valence-electron chi connectivity index (χ3n) is 3.40. The summed E-state index contributed by atoms with van der Waals surface area (Å²) in [6.45, 7) is 5.48. The van der Waals surface area contributed by atoms with Crippen LogP contribution < -0.4 is 5.32 Å². The van der Waals surface area contributed by atoms with E-state index in [-0.39, 0.29) is 18.2 Å². The molecule has 6 heteroatoms. The number of aryl methyl sites for hydroxylation is 1. The van der Waals surface area contributed by atoms with Gasteiger partial charge in [-0.15, -0.1) is 0 Å². The van der Waals surface area contributed by atoms with Gasteiger partial charge >= 0.3 is 5.97 Å². The number of halogens is 1. The van der Waals surface area contributed by atoms with Gasteiger partial charge in [0.05, 0.1) is 17.0 Å². The Balaban J connectivity index is 2.94. The molecule has 0 fully saturated rings. The predicted octanol–water partition coefficient (Wildman–Crippen LogP) is 2.30. The summed E-state index contributed by atoms with van der Waals surface area (Å²) in [6.07, 6.45) is 1.49. The summed E-state index contributed by atoms with van der Waals surface area (Å²) >= 11 is 5.83. The molecule has 0 saturated heterocycles. The predicted molar refractivity (Wildman–Crippen MR) is 73.4 cm³/mol. The largest absolute Gasteiger partial charge is 0.481 e. The molecule has 1 aromatic heterocycles. The molecule has 0 aliphatic carbocycles. The summed E-state index contributed by atoms with van der Waals surface area (Å²) in [6, 6.07) is 1.55. The van der Waals surface area contributed by atoms with Gasteiger partial charge in [-0.3, -0.25) is 9.59 Å². The molecule has 0 bridgehead atoms. The Labute approximate surface area is 117 Å². The summed E-state index contributed by atoms with van der Waals surface area (Å²) in [5, 5.41) is 12.2. The van der Waals surface area contributed by atoms with Crippen molar-refractivity contribution in [2.45, 2.75) is 32.7 Å². The van der Waals surface area contributed by atoms with Gasteiger partial charge < -0.3 is 15.0 Å². The molecule has 1 amide bonds. The molecule has 1 heterocycles. The van der Waals surface area contributed by atoms with E-state index in [0.717, 1.165) is 0 Å². The maximum atomic E-state index is 12.2. The van der Waals surface area contributed by atoms with Crippen LogP contribution in [0.1, 0.15) is 37.7 Å². The molecular weight excluding hydrogens is 268 g/mol. The lowest BCUT2D eigenvalue weighted by molar-refractivity contribution is -0.138. The molecule has 0 saturated carbocycles. The number of rotatable bonds is 5. The highest BCUT2D eigenvalue weighted by Crippen LogP contribution is 2.22. The average Bonchev–Trinajstić information content (AvgIpc) is 2.56. The lowest BCUT2D eigenvalue weighted by atomic mass is 9.85. The Morgan fingerprint density at radius 3 is 2.47 bits per heavy atom. The SMILES string of the molecule is CC(C)C(C)(CC(=O)O)NC(=O)c1cc(Cl)cn1C. The highest BCUT2D eigenvalue weighted by molar-refractivity contribution is 6.31. The van der Waals surface area contributed by atoms with Crippen LogP contribution in [-0.2, 0) is 11.8 Å². The summed E-state index contributed by atoms with van der Waals surface area (Å²) in [4.78, 5) is 23.1. The normalized spacial score (nSPS) is 14.2. The Hall–Kier alpha value is -1.49. The fraction of sp³-hybridized carbons (Fsp3) is 0.538. The zero-order chi connectivity index (χ0) is 14.8. The van der Waals surface area contributed by atoms with Crippen molar-refractivity contribution in [2.75, 3.05) is 0 Å². The van der Waals surface area contributed by atoms with Gasteiger partial charge in [-0.2, -0.15) is 0 Å². The molecule has 19 heavy (non-hydrogen) atoms. The van der Waals surface area contributed by atoms with Crippen LogP contribution in [0.5, 0.6) is 0 Å². The average molecular weight is 287 g/mol. The number of carbonyl (C=O) groups is 2. The van der Waals surface area contributed by atoms with E-state index in [0.29, 0.717) is 10.7 Å². The van der Waals surface area contributed by atoms with Crippen LogP contribution in [0.15, 0.2) is 12.3 Å². The van der Waals surface area contributed by atoms with Crippen LogP contribution in [0.2, 0.25) is 5.02 Å². The second-order valence-electron chi connectivity index (χ2n) is 5.25. The van der Waals surface area contributed by atoms with Gasteiger partial charge in [0.15, 0.2) is 0 Å². The highest BCUT2D eigenvalue weighted by atomic mass is 35.5. The number of amides is 1. The number of carboxylic acids is 1. The molecule has 0 aliphatic rings. The first kappa shape index (κ1) is 15.6. The van der Waals surface area contributed by atoms with Crippen LogP contribution >= 0.6 is 11.6 Å². The van der Waals surface area contributed by atoms with E-state index in [1.54, 1.807) is 30.8 Å². The summed E-state index contributed by atoms with van der Waals surface area (Å²) in [5.41, 5.74) is -0.401. The van der Waals surface area contributed by atoms with Crippen molar-refractivity contribution in [3.05, 3.63) is 23.0 Å². The van der Waals surface area contributed by atoms with Crippen molar-refractivity contribution in [1.29, 1.82) is 0 Å².